The minimum absolute atomic E-state index is 0.124. The van der Waals surface area contributed by atoms with Crippen LogP contribution in [-0.2, 0) is 0 Å². The highest BCUT2D eigenvalue weighted by molar-refractivity contribution is 6.04. The predicted octanol–water partition coefficient (Wildman–Crippen LogP) is 4.24. The molecule has 126 valence electrons. The number of methoxy groups -OCH3 is 1. The van der Waals surface area contributed by atoms with E-state index in [1.807, 2.05) is 24.3 Å². The number of hydrogen-bond donors (Lipinski definition) is 1. The summed E-state index contributed by atoms with van der Waals surface area (Å²) in [5.41, 5.74) is 1.38. The van der Waals surface area contributed by atoms with E-state index in [2.05, 4.69) is 5.32 Å². The average Bonchev–Trinajstić information content (AvgIpc) is 2.62. The standard InChI is InChI=1S/C19H20FNO3/c1-23-18-5-2-4-16(14-18)21-12-10-19(22)15-6-8-17(9-7-15)24-13-3-11-20/h2,4-10,12,14,21H,3,11,13H2,1H3/b12-10+. The van der Waals surface area contributed by atoms with Gasteiger partial charge in [0.2, 0.25) is 0 Å². The van der Waals surface area contributed by atoms with Crippen molar-refractivity contribution in [3.8, 4) is 11.5 Å². The van der Waals surface area contributed by atoms with Gasteiger partial charge in [-0.25, -0.2) is 0 Å². The number of carbonyl (C=O) groups excluding carboxylic acids is 1. The molecule has 0 aliphatic carbocycles. The van der Waals surface area contributed by atoms with Crippen molar-refractivity contribution >= 4 is 11.5 Å². The van der Waals surface area contributed by atoms with Crippen molar-refractivity contribution < 1.29 is 18.7 Å². The number of carbonyl (C=O) groups is 1. The second-order valence-corrected chi connectivity index (χ2v) is 4.99. The van der Waals surface area contributed by atoms with E-state index in [0.717, 1.165) is 11.4 Å². The van der Waals surface area contributed by atoms with Gasteiger partial charge in [0.05, 0.1) is 20.4 Å². The molecule has 0 radical (unpaired) electrons. The largest absolute Gasteiger partial charge is 0.497 e. The number of alkyl halides is 1. The second kappa shape index (κ2) is 9.35. The number of ether oxygens (including phenoxy) is 2. The van der Waals surface area contributed by atoms with Crippen LogP contribution in [0.1, 0.15) is 16.8 Å². The number of ketones is 1. The summed E-state index contributed by atoms with van der Waals surface area (Å²) >= 11 is 0. The van der Waals surface area contributed by atoms with Crippen molar-refractivity contribution in [2.75, 3.05) is 25.7 Å². The number of benzene rings is 2. The molecule has 0 spiro atoms. The van der Waals surface area contributed by atoms with Gasteiger partial charge in [-0.3, -0.25) is 9.18 Å². The molecule has 24 heavy (non-hydrogen) atoms. The number of anilines is 1. The summed E-state index contributed by atoms with van der Waals surface area (Å²) in [6.07, 6.45) is 3.40. The lowest BCUT2D eigenvalue weighted by Crippen LogP contribution is -1.99. The summed E-state index contributed by atoms with van der Waals surface area (Å²) in [5.74, 6) is 1.24. The van der Waals surface area contributed by atoms with E-state index < -0.39 is 6.67 Å². The summed E-state index contributed by atoms with van der Waals surface area (Å²) in [4.78, 5) is 12.1. The van der Waals surface area contributed by atoms with Crippen molar-refractivity contribution in [3.63, 3.8) is 0 Å². The fraction of sp³-hybridized carbons (Fsp3) is 0.211. The van der Waals surface area contributed by atoms with Crippen LogP contribution in [0.5, 0.6) is 11.5 Å². The quantitative estimate of drug-likeness (QED) is 0.425. The minimum atomic E-state index is -0.401. The number of hydrogen-bond acceptors (Lipinski definition) is 4. The smallest absolute Gasteiger partial charge is 0.187 e. The molecular weight excluding hydrogens is 309 g/mol. The zero-order valence-corrected chi connectivity index (χ0v) is 13.5. The van der Waals surface area contributed by atoms with Crippen molar-refractivity contribution in [1.82, 2.24) is 0 Å². The third-order valence-electron chi connectivity index (χ3n) is 3.24. The van der Waals surface area contributed by atoms with Crippen LogP contribution >= 0.6 is 0 Å². The lowest BCUT2D eigenvalue weighted by molar-refractivity contribution is 0.104. The molecule has 0 saturated heterocycles. The van der Waals surface area contributed by atoms with Crippen LogP contribution in [0.4, 0.5) is 10.1 Å². The van der Waals surface area contributed by atoms with Gasteiger partial charge in [-0.1, -0.05) is 6.07 Å². The SMILES string of the molecule is COc1cccc(N/C=C/C(=O)c2ccc(OCCCF)cc2)c1. The van der Waals surface area contributed by atoms with Gasteiger partial charge >= 0.3 is 0 Å². The van der Waals surface area contributed by atoms with Gasteiger partial charge in [-0.2, -0.15) is 0 Å². The molecule has 2 rings (SSSR count). The average molecular weight is 329 g/mol. The first-order valence-corrected chi connectivity index (χ1v) is 7.63. The van der Waals surface area contributed by atoms with E-state index in [1.54, 1.807) is 37.6 Å². The van der Waals surface area contributed by atoms with E-state index in [1.165, 1.54) is 6.08 Å². The highest BCUT2D eigenvalue weighted by atomic mass is 19.1. The molecule has 0 heterocycles. The van der Waals surface area contributed by atoms with E-state index in [0.29, 0.717) is 24.3 Å². The minimum Gasteiger partial charge on any atom is -0.497 e. The molecule has 0 amide bonds. The van der Waals surface area contributed by atoms with Crippen LogP contribution in [0.2, 0.25) is 0 Å². The van der Waals surface area contributed by atoms with E-state index in [-0.39, 0.29) is 5.78 Å². The van der Waals surface area contributed by atoms with Crippen LogP contribution < -0.4 is 14.8 Å². The van der Waals surface area contributed by atoms with Gasteiger partial charge in [0.15, 0.2) is 5.78 Å². The molecule has 0 unspecified atom stereocenters. The van der Waals surface area contributed by atoms with Crippen molar-refractivity contribution in [1.29, 1.82) is 0 Å². The molecule has 0 aliphatic rings. The summed E-state index contributed by atoms with van der Waals surface area (Å²) in [6, 6.07) is 14.2. The first-order valence-electron chi connectivity index (χ1n) is 7.63. The van der Waals surface area contributed by atoms with Crippen LogP contribution in [0.3, 0.4) is 0 Å². The predicted molar refractivity (Wildman–Crippen MR) is 92.6 cm³/mol. The zero-order valence-electron chi connectivity index (χ0n) is 13.5. The molecule has 5 heteroatoms. The topological polar surface area (TPSA) is 47.6 Å². The maximum atomic E-state index is 12.1. The van der Waals surface area contributed by atoms with Crippen molar-refractivity contribution in [2.45, 2.75) is 6.42 Å². The summed E-state index contributed by atoms with van der Waals surface area (Å²) in [6.45, 7) is -0.0736. The van der Waals surface area contributed by atoms with Gasteiger partial charge < -0.3 is 14.8 Å². The van der Waals surface area contributed by atoms with Crippen molar-refractivity contribution in [2.24, 2.45) is 0 Å². The molecular formula is C19H20FNO3. The Kier molecular flexibility index (Phi) is 6.83. The maximum absolute atomic E-state index is 12.1. The Morgan fingerprint density at radius 3 is 2.67 bits per heavy atom. The Bertz CT molecular complexity index is 683. The van der Waals surface area contributed by atoms with Crippen LogP contribution in [0.25, 0.3) is 0 Å². The summed E-state index contributed by atoms with van der Waals surface area (Å²) in [7, 11) is 1.60. The summed E-state index contributed by atoms with van der Waals surface area (Å²) < 4.78 is 22.5. The Morgan fingerprint density at radius 2 is 1.96 bits per heavy atom. The van der Waals surface area contributed by atoms with Crippen LogP contribution in [-0.4, -0.2) is 26.2 Å². The Morgan fingerprint density at radius 1 is 1.17 bits per heavy atom. The normalized spacial score (nSPS) is 10.6. The van der Waals surface area contributed by atoms with E-state index >= 15 is 0 Å². The molecule has 0 saturated carbocycles. The molecule has 1 N–H and O–H groups in total. The molecule has 0 aliphatic heterocycles. The summed E-state index contributed by atoms with van der Waals surface area (Å²) in [5, 5.41) is 3.02. The van der Waals surface area contributed by atoms with Gasteiger partial charge in [-0.15, -0.1) is 0 Å². The Hall–Kier alpha value is -2.82. The van der Waals surface area contributed by atoms with E-state index in [9.17, 15) is 9.18 Å². The number of rotatable bonds is 9. The Labute approximate surface area is 140 Å². The number of nitrogens with one attached hydrogen (secondary N) is 1. The Balaban J connectivity index is 1.89. The molecule has 4 nitrogen and oxygen atoms in total. The first-order chi connectivity index (χ1) is 11.7. The van der Waals surface area contributed by atoms with Gasteiger partial charge in [-0.05, 0) is 36.4 Å². The molecule has 2 aromatic rings. The molecule has 0 fully saturated rings. The van der Waals surface area contributed by atoms with E-state index in [4.69, 9.17) is 9.47 Å². The third-order valence-corrected chi connectivity index (χ3v) is 3.24. The maximum Gasteiger partial charge on any atom is 0.187 e. The van der Waals surface area contributed by atoms with Crippen LogP contribution in [0, 0.1) is 0 Å². The first kappa shape index (κ1) is 17.5. The highest BCUT2D eigenvalue weighted by Gasteiger charge is 2.02. The number of allylic oxidation sites excluding steroid dienone is 1. The van der Waals surface area contributed by atoms with Gasteiger partial charge in [0, 0.05) is 36.0 Å². The van der Waals surface area contributed by atoms with Gasteiger partial charge in [0.25, 0.3) is 0 Å². The van der Waals surface area contributed by atoms with Crippen molar-refractivity contribution in [3.05, 3.63) is 66.4 Å². The zero-order chi connectivity index (χ0) is 17.2. The second-order valence-electron chi connectivity index (χ2n) is 4.99. The monoisotopic (exact) mass is 329 g/mol. The van der Waals surface area contributed by atoms with Gasteiger partial charge in [0.1, 0.15) is 11.5 Å². The molecule has 0 bridgehead atoms. The van der Waals surface area contributed by atoms with Crippen LogP contribution in [0.15, 0.2) is 60.8 Å². The third kappa shape index (κ3) is 5.43. The number of halogens is 1. The fourth-order valence-corrected chi connectivity index (χ4v) is 1.98. The molecule has 0 atom stereocenters. The fourth-order valence-electron chi connectivity index (χ4n) is 1.98. The highest BCUT2D eigenvalue weighted by Crippen LogP contribution is 2.17. The lowest BCUT2D eigenvalue weighted by atomic mass is 10.1. The molecule has 0 aromatic heterocycles. The molecule has 2 aromatic carbocycles. The lowest BCUT2D eigenvalue weighted by Gasteiger charge is -2.05.